The minimum atomic E-state index is 0.948. The molecule has 0 aliphatic carbocycles. The maximum absolute atomic E-state index is 3.45. The van der Waals surface area contributed by atoms with Crippen LogP contribution in [0.25, 0.3) is 55.2 Å². The average Bonchev–Trinajstić information content (AvgIpc) is 3.26. The SMILES string of the molecule is c1c(N(c2ccc(/C=C\c3ccc(N(c4ccc5ccccc5c4)c4ccc5ccccc5c4)cc3)cc2)c2ccc3ccccc3c2)cc2ccccc2c#1. The van der Waals surface area contributed by atoms with Crippen LogP contribution in [0.3, 0.4) is 0 Å². The Bertz CT molecular complexity index is 2670. The molecule has 0 atom stereocenters. The fourth-order valence-corrected chi connectivity index (χ4v) is 7.66. The van der Waals surface area contributed by atoms with E-state index >= 15 is 0 Å². The summed E-state index contributed by atoms with van der Waals surface area (Å²) >= 11 is 0. The van der Waals surface area contributed by atoms with E-state index in [1.165, 1.54) is 32.3 Å². The van der Waals surface area contributed by atoms with Gasteiger partial charge < -0.3 is 9.80 Å². The van der Waals surface area contributed by atoms with Crippen molar-refractivity contribution in [3.63, 3.8) is 0 Å². The second-order valence-corrected chi connectivity index (χ2v) is 14.1. The maximum atomic E-state index is 3.45. The standard InChI is InChI=1S/C54H36N2/c1-5-13-45-35-51(31-23-41(45)9-1)55(52-32-24-42-10-2-6-14-46(42)36-52)49-27-19-39(20-28-49)17-18-40-21-29-50(30-22-40)56(53-33-25-43-11-3-7-15-47(43)37-53)54-34-26-44-12-4-8-16-48(44)38-54/h1-25,27-33,35-38H/b18-17-. The molecule has 0 saturated carbocycles. The van der Waals surface area contributed by atoms with Gasteiger partial charge in [0.25, 0.3) is 0 Å². The van der Waals surface area contributed by atoms with Gasteiger partial charge in [0.05, 0.1) is 5.69 Å². The average molecular weight is 713 g/mol. The first-order valence-corrected chi connectivity index (χ1v) is 19.0. The molecule has 0 aliphatic rings. The summed E-state index contributed by atoms with van der Waals surface area (Å²) in [6.07, 6.45) is 4.36. The second kappa shape index (κ2) is 14.3. The predicted molar refractivity (Wildman–Crippen MR) is 239 cm³/mol. The van der Waals surface area contributed by atoms with Crippen molar-refractivity contribution >= 4 is 89.4 Å². The Morgan fingerprint density at radius 3 is 1.14 bits per heavy atom. The summed E-state index contributed by atoms with van der Waals surface area (Å²) in [6, 6.07) is 80.5. The summed E-state index contributed by atoms with van der Waals surface area (Å²) in [7, 11) is 0. The number of fused-ring (bicyclic) bond motifs is 4. The third-order valence-corrected chi connectivity index (χ3v) is 10.6. The van der Waals surface area contributed by atoms with Crippen LogP contribution in [0.1, 0.15) is 11.1 Å². The monoisotopic (exact) mass is 712 g/mol. The van der Waals surface area contributed by atoms with Crippen LogP contribution in [-0.4, -0.2) is 0 Å². The maximum Gasteiger partial charge on any atom is 0.0980 e. The van der Waals surface area contributed by atoms with Gasteiger partial charge in [-0.2, -0.15) is 0 Å². The molecule has 0 fully saturated rings. The summed E-state index contributed by atoms with van der Waals surface area (Å²) < 4.78 is 0. The first-order chi connectivity index (χ1) is 27.7. The van der Waals surface area contributed by atoms with Crippen LogP contribution in [-0.2, 0) is 0 Å². The minimum Gasteiger partial charge on any atom is -0.310 e. The van der Waals surface area contributed by atoms with E-state index < -0.39 is 0 Å². The highest BCUT2D eigenvalue weighted by atomic mass is 15.1. The molecule has 10 aromatic carbocycles. The molecule has 56 heavy (non-hydrogen) atoms. The Balaban J connectivity index is 0.953. The van der Waals surface area contributed by atoms with E-state index in [0.29, 0.717) is 0 Å². The third-order valence-electron chi connectivity index (χ3n) is 10.6. The molecule has 0 saturated heterocycles. The van der Waals surface area contributed by atoms with Crippen LogP contribution < -0.4 is 9.80 Å². The molecule has 0 bridgehead atoms. The molecule has 0 heterocycles. The Hall–Kier alpha value is -7.60. The third kappa shape index (κ3) is 6.49. The van der Waals surface area contributed by atoms with E-state index in [4.69, 9.17) is 0 Å². The fraction of sp³-hybridized carbons (Fsp3) is 0. The van der Waals surface area contributed by atoms with E-state index in [1.54, 1.807) is 0 Å². The Labute approximate surface area is 327 Å². The lowest BCUT2D eigenvalue weighted by Gasteiger charge is -2.26. The first kappa shape index (κ1) is 33.0. The van der Waals surface area contributed by atoms with E-state index in [2.05, 4.69) is 234 Å². The van der Waals surface area contributed by atoms with E-state index in [0.717, 1.165) is 56.0 Å². The molecule has 0 amide bonds. The summed E-state index contributed by atoms with van der Waals surface area (Å²) in [5.74, 6) is 0. The number of anilines is 6. The minimum absolute atomic E-state index is 0.948. The quantitative estimate of drug-likeness (QED) is 0.145. The van der Waals surface area contributed by atoms with Gasteiger partial charge in [-0.25, -0.2) is 0 Å². The normalized spacial score (nSPS) is 11.4. The van der Waals surface area contributed by atoms with Crippen molar-refractivity contribution in [2.45, 2.75) is 0 Å². The summed E-state index contributed by atoms with van der Waals surface area (Å²) in [6.45, 7) is 0. The van der Waals surface area contributed by atoms with Gasteiger partial charge >= 0.3 is 0 Å². The zero-order chi connectivity index (χ0) is 37.3. The fourth-order valence-electron chi connectivity index (χ4n) is 7.66. The Morgan fingerprint density at radius 2 is 0.661 bits per heavy atom. The molecule has 10 rings (SSSR count). The van der Waals surface area contributed by atoms with Crippen molar-refractivity contribution in [2.75, 3.05) is 9.80 Å². The zero-order valence-corrected chi connectivity index (χ0v) is 30.7. The van der Waals surface area contributed by atoms with Gasteiger partial charge in [-0.3, -0.25) is 0 Å². The number of nitrogens with zero attached hydrogens (tertiary/aromatic N) is 2. The molecule has 0 radical (unpaired) electrons. The van der Waals surface area contributed by atoms with Crippen LogP contribution >= 0.6 is 0 Å². The van der Waals surface area contributed by atoms with Gasteiger partial charge in [-0.1, -0.05) is 152 Å². The van der Waals surface area contributed by atoms with Gasteiger partial charge in [0.1, 0.15) is 0 Å². The number of hydrogen-bond donors (Lipinski definition) is 0. The van der Waals surface area contributed by atoms with Gasteiger partial charge in [0, 0.05) is 33.8 Å². The molecule has 0 unspecified atom stereocenters. The highest BCUT2D eigenvalue weighted by molar-refractivity contribution is 5.94. The number of rotatable bonds is 8. The van der Waals surface area contributed by atoms with Crippen LogP contribution in [0.15, 0.2) is 206 Å². The van der Waals surface area contributed by atoms with Crippen LogP contribution in [0, 0.1) is 12.1 Å². The van der Waals surface area contributed by atoms with Gasteiger partial charge in [-0.15, -0.1) is 0 Å². The second-order valence-electron chi connectivity index (χ2n) is 14.1. The van der Waals surface area contributed by atoms with E-state index in [-0.39, 0.29) is 0 Å². The largest absolute Gasteiger partial charge is 0.310 e. The summed E-state index contributed by atoms with van der Waals surface area (Å²) in [5, 5.41) is 9.50. The van der Waals surface area contributed by atoms with Gasteiger partial charge in [0.15, 0.2) is 0 Å². The predicted octanol–water partition coefficient (Wildman–Crippen LogP) is 15.0. The molecule has 0 aromatic heterocycles. The van der Waals surface area contributed by atoms with Crippen LogP contribution in [0.4, 0.5) is 34.1 Å². The zero-order valence-electron chi connectivity index (χ0n) is 30.7. The van der Waals surface area contributed by atoms with Crippen molar-refractivity contribution in [3.8, 4) is 0 Å². The number of benzene rings is 9. The van der Waals surface area contributed by atoms with Gasteiger partial charge in [-0.05, 0) is 128 Å². The molecule has 262 valence electrons. The Kier molecular flexibility index (Phi) is 8.44. The molecule has 10 aromatic rings. The molecule has 2 nitrogen and oxygen atoms in total. The van der Waals surface area contributed by atoms with Crippen molar-refractivity contribution in [1.29, 1.82) is 0 Å². The van der Waals surface area contributed by atoms with E-state index in [1.807, 2.05) is 6.07 Å². The number of hydrogen-bond acceptors (Lipinski definition) is 2. The molecule has 0 aliphatic heterocycles. The van der Waals surface area contributed by atoms with E-state index in [9.17, 15) is 0 Å². The summed E-state index contributed by atoms with van der Waals surface area (Å²) in [4.78, 5) is 4.61. The highest BCUT2D eigenvalue weighted by Gasteiger charge is 2.15. The van der Waals surface area contributed by atoms with Gasteiger partial charge in [0.2, 0.25) is 0 Å². The van der Waals surface area contributed by atoms with Crippen LogP contribution in [0.5, 0.6) is 0 Å². The lowest BCUT2D eigenvalue weighted by Crippen LogP contribution is -2.09. The molecule has 2 heteroatoms. The molecular weight excluding hydrogens is 677 g/mol. The molecule has 0 spiro atoms. The smallest absolute Gasteiger partial charge is 0.0980 e. The lowest BCUT2D eigenvalue weighted by atomic mass is 10.1. The topological polar surface area (TPSA) is 6.48 Å². The lowest BCUT2D eigenvalue weighted by molar-refractivity contribution is 1.29. The Morgan fingerprint density at radius 1 is 0.286 bits per heavy atom. The highest BCUT2D eigenvalue weighted by Crippen LogP contribution is 2.39. The van der Waals surface area contributed by atoms with Crippen molar-refractivity contribution in [2.24, 2.45) is 0 Å². The van der Waals surface area contributed by atoms with Crippen molar-refractivity contribution in [3.05, 3.63) is 230 Å². The molecular formula is C54H36N2. The summed E-state index contributed by atoms with van der Waals surface area (Å²) in [5.41, 5.74) is 8.70. The van der Waals surface area contributed by atoms with Crippen molar-refractivity contribution < 1.29 is 0 Å². The van der Waals surface area contributed by atoms with Crippen molar-refractivity contribution in [1.82, 2.24) is 0 Å². The first-order valence-electron chi connectivity index (χ1n) is 19.0. The molecule has 0 N–H and O–H groups in total. The van der Waals surface area contributed by atoms with Crippen LogP contribution in [0.2, 0.25) is 0 Å².